The van der Waals surface area contributed by atoms with E-state index in [1.165, 1.54) is 12.8 Å². The minimum Gasteiger partial charge on any atom is -0.465 e. The number of hydrogen-bond donors (Lipinski definition) is 0. The third-order valence-electron chi connectivity index (χ3n) is 4.06. The Bertz CT molecular complexity index is 285. The lowest BCUT2D eigenvalue weighted by atomic mass is 9.74. The molecule has 0 bridgehead atoms. The maximum Gasteiger partial charge on any atom is 0.319 e. The molecule has 0 aromatic carbocycles. The Labute approximate surface area is 110 Å². The van der Waals surface area contributed by atoms with Crippen LogP contribution < -0.4 is 0 Å². The van der Waals surface area contributed by atoms with Crippen molar-refractivity contribution in [1.29, 1.82) is 0 Å². The molecule has 0 saturated heterocycles. The summed E-state index contributed by atoms with van der Waals surface area (Å²) in [5.41, 5.74) is -0.854. The molecule has 3 nitrogen and oxygen atoms in total. The smallest absolute Gasteiger partial charge is 0.319 e. The summed E-state index contributed by atoms with van der Waals surface area (Å²) in [5.74, 6) is -0.191. The van der Waals surface area contributed by atoms with Crippen LogP contribution >= 0.6 is 0 Å². The molecule has 0 N–H and O–H groups in total. The van der Waals surface area contributed by atoms with Crippen LogP contribution in [0.25, 0.3) is 0 Å². The van der Waals surface area contributed by atoms with Crippen LogP contribution in [0, 0.1) is 5.41 Å². The lowest BCUT2D eigenvalue weighted by Gasteiger charge is -2.29. The van der Waals surface area contributed by atoms with E-state index < -0.39 is 5.41 Å². The van der Waals surface area contributed by atoms with Gasteiger partial charge in [0, 0.05) is 6.42 Å². The van der Waals surface area contributed by atoms with Crippen LogP contribution in [0.15, 0.2) is 0 Å². The monoisotopic (exact) mass is 254 g/mol. The average molecular weight is 254 g/mol. The summed E-state index contributed by atoms with van der Waals surface area (Å²) in [7, 11) is 0. The average Bonchev–Trinajstić information content (AvgIpc) is 2.37. The molecule has 1 aliphatic rings. The fourth-order valence-corrected chi connectivity index (χ4v) is 2.80. The van der Waals surface area contributed by atoms with E-state index in [0.717, 1.165) is 25.7 Å². The second kappa shape index (κ2) is 7.55. The molecular weight excluding hydrogens is 228 g/mol. The summed E-state index contributed by atoms with van der Waals surface area (Å²) in [5, 5.41) is 0. The van der Waals surface area contributed by atoms with Gasteiger partial charge in [-0.25, -0.2) is 0 Å². The lowest BCUT2D eigenvalue weighted by Crippen LogP contribution is -2.40. The number of esters is 1. The number of carbonyl (C=O) groups excluding carboxylic acids is 2. The summed E-state index contributed by atoms with van der Waals surface area (Å²) in [6.07, 6.45) is 8.31. The number of ketones is 1. The molecule has 0 unspecified atom stereocenters. The highest BCUT2D eigenvalue weighted by Gasteiger charge is 2.44. The second-order valence-electron chi connectivity index (χ2n) is 5.20. The molecule has 1 fully saturated rings. The first-order chi connectivity index (χ1) is 8.67. The molecule has 1 atom stereocenters. The molecule has 3 heteroatoms. The van der Waals surface area contributed by atoms with Crippen LogP contribution in [0.4, 0.5) is 0 Å². The summed E-state index contributed by atoms with van der Waals surface area (Å²) < 4.78 is 5.15. The number of hydrogen-bond acceptors (Lipinski definition) is 3. The predicted octanol–water partition coefficient (Wildman–Crippen LogP) is 3.65. The van der Waals surface area contributed by atoms with Crippen molar-refractivity contribution < 1.29 is 14.3 Å². The maximum absolute atomic E-state index is 12.4. The standard InChI is InChI=1S/C15H26O3/c1-3-15(14(17)18-4-2)12-10-8-6-5-7-9-11-13(15)16/h3-12H2,1-2H3/t15-/m1/s1. The zero-order valence-corrected chi connectivity index (χ0v) is 11.8. The van der Waals surface area contributed by atoms with E-state index in [-0.39, 0.29) is 11.8 Å². The molecule has 0 aromatic rings. The van der Waals surface area contributed by atoms with Gasteiger partial charge in [-0.15, -0.1) is 0 Å². The Morgan fingerprint density at radius 2 is 1.72 bits per heavy atom. The number of carbonyl (C=O) groups is 2. The molecule has 104 valence electrons. The van der Waals surface area contributed by atoms with Gasteiger partial charge in [0.1, 0.15) is 11.2 Å². The van der Waals surface area contributed by atoms with E-state index in [9.17, 15) is 9.59 Å². The number of rotatable bonds is 3. The van der Waals surface area contributed by atoms with E-state index in [1.807, 2.05) is 6.92 Å². The van der Waals surface area contributed by atoms with Gasteiger partial charge in [0.2, 0.25) is 0 Å². The van der Waals surface area contributed by atoms with Crippen LogP contribution in [0.2, 0.25) is 0 Å². The van der Waals surface area contributed by atoms with Crippen molar-refractivity contribution in [3.05, 3.63) is 0 Å². The van der Waals surface area contributed by atoms with Crippen LogP contribution in [-0.4, -0.2) is 18.4 Å². The zero-order chi connectivity index (χ0) is 13.4. The minimum absolute atomic E-state index is 0.102. The first-order valence-corrected chi connectivity index (χ1v) is 7.38. The molecule has 0 amide bonds. The van der Waals surface area contributed by atoms with Crippen molar-refractivity contribution >= 4 is 11.8 Å². The van der Waals surface area contributed by atoms with Gasteiger partial charge in [-0.1, -0.05) is 39.0 Å². The molecule has 0 radical (unpaired) electrons. The van der Waals surface area contributed by atoms with Gasteiger partial charge in [0.15, 0.2) is 0 Å². The van der Waals surface area contributed by atoms with E-state index in [4.69, 9.17) is 4.74 Å². The number of ether oxygens (including phenoxy) is 1. The largest absolute Gasteiger partial charge is 0.465 e. The summed E-state index contributed by atoms with van der Waals surface area (Å²) in [6.45, 7) is 4.08. The molecule has 1 aliphatic carbocycles. The number of Topliss-reactive ketones (excluding diaryl/α,β-unsaturated/α-hetero) is 1. The quantitative estimate of drug-likeness (QED) is 0.570. The van der Waals surface area contributed by atoms with Gasteiger partial charge >= 0.3 is 5.97 Å². The molecular formula is C15H26O3. The normalized spacial score (nSPS) is 26.7. The SMILES string of the molecule is CCOC(=O)[C@]1(CC)CCCCCCCCC1=O. The predicted molar refractivity (Wildman–Crippen MR) is 71.3 cm³/mol. The first-order valence-electron chi connectivity index (χ1n) is 7.38. The maximum atomic E-state index is 12.4. The Morgan fingerprint density at radius 3 is 2.33 bits per heavy atom. The fraction of sp³-hybridized carbons (Fsp3) is 0.867. The Kier molecular flexibility index (Phi) is 6.37. The van der Waals surface area contributed by atoms with Gasteiger partial charge in [-0.05, 0) is 26.2 Å². The third kappa shape index (κ3) is 3.56. The van der Waals surface area contributed by atoms with Crippen LogP contribution in [0.1, 0.15) is 71.6 Å². The molecule has 1 rings (SSSR count). The van der Waals surface area contributed by atoms with E-state index in [1.54, 1.807) is 6.92 Å². The highest BCUT2D eigenvalue weighted by molar-refractivity contribution is 6.03. The molecule has 0 spiro atoms. The molecule has 0 aromatic heterocycles. The second-order valence-corrected chi connectivity index (χ2v) is 5.20. The van der Waals surface area contributed by atoms with Crippen molar-refractivity contribution in [2.45, 2.75) is 71.6 Å². The van der Waals surface area contributed by atoms with Crippen LogP contribution in [-0.2, 0) is 14.3 Å². The van der Waals surface area contributed by atoms with Crippen molar-refractivity contribution in [3.63, 3.8) is 0 Å². The summed E-state index contributed by atoms with van der Waals surface area (Å²) in [4.78, 5) is 24.6. The van der Waals surface area contributed by atoms with Gasteiger partial charge in [-0.3, -0.25) is 9.59 Å². The van der Waals surface area contributed by atoms with Crippen LogP contribution in [0.5, 0.6) is 0 Å². The van der Waals surface area contributed by atoms with Gasteiger partial charge < -0.3 is 4.74 Å². The van der Waals surface area contributed by atoms with Crippen LogP contribution in [0.3, 0.4) is 0 Å². The topological polar surface area (TPSA) is 43.4 Å². The van der Waals surface area contributed by atoms with Gasteiger partial charge in [-0.2, -0.15) is 0 Å². The van der Waals surface area contributed by atoms with Crippen molar-refractivity contribution in [2.24, 2.45) is 5.41 Å². The van der Waals surface area contributed by atoms with Gasteiger partial charge in [0.05, 0.1) is 6.61 Å². The van der Waals surface area contributed by atoms with E-state index >= 15 is 0 Å². The van der Waals surface area contributed by atoms with Gasteiger partial charge in [0.25, 0.3) is 0 Å². The van der Waals surface area contributed by atoms with E-state index in [2.05, 4.69) is 0 Å². The Hall–Kier alpha value is -0.860. The minimum atomic E-state index is -0.854. The van der Waals surface area contributed by atoms with Crippen molar-refractivity contribution in [3.8, 4) is 0 Å². The first kappa shape index (κ1) is 15.2. The fourth-order valence-electron chi connectivity index (χ4n) is 2.80. The lowest BCUT2D eigenvalue weighted by molar-refractivity contribution is -0.161. The third-order valence-corrected chi connectivity index (χ3v) is 4.06. The Balaban J connectivity index is 2.85. The highest BCUT2D eigenvalue weighted by Crippen LogP contribution is 2.35. The summed E-state index contributed by atoms with van der Waals surface area (Å²) >= 11 is 0. The highest BCUT2D eigenvalue weighted by atomic mass is 16.5. The van der Waals surface area contributed by atoms with Crippen molar-refractivity contribution in [2.75, 3.05) is 6.61 Å². The van der Waals surface area contributed by atoms with Crippen molar-refractivity contribution in [1.82, 2.24) is 0 Å². The molecule has 1 saturated carbocycles. The van der Waals surface area contributed by atoms with E-state index in [0.29, 0.717) is 25.9 Å². The molecule has 0 aliphatic heterocycles. The molecule has 0 heterocycles. The Morgan fingerprint density at radius 1 is 1.11 bits per heavy atom. The zero-order valence-electron chi connectivity index (χ0n) is 11.8. The molecule has 18 heavy (non-hydrogen) atoms. The summed E-state index contributed by atoms with van der Waals surface area (Å²) in [6, 6.07) is 0.